The molecular weight excluding hydrogens is 162 g/mol. The molecule has 11 heavy (non-hydrogen) atoms. The summed E-state index contributed by atoms with van der Waals surface area (Å²) in [4.78, 5) is 10.3. The zero-order valence-corrected chi connectivity index (χ0v) is 7.55. The number of nitroso groups, excluding NO2 is 1. The van der Waals surface area contributed by atoms with Crippen LogP contribution in [0.25, 0.3) is 0 Å². The fourth-order valence-corrected chi connectivity index (χ4v) is 2.12. The van der Waals surface area contributed by atoms with Crippen LogP contribution in [0.1, 0.15) is 32.6 Å². The minimum absolute atomic E-state index is 0.0370. The third kappa shape index (κ3) is 2.16. The maximum atomic E-state index is 10.3. The van der Waals surface area contributed by atoms with E-state index in [0.717, 1.165) is 25.7 Å². The van der Waals surface area contributed by atoms with E-state index in [-0.39, 0.29) is 11.4 Å². The highest BCUT2D eigenvalue weighted by atomic mass is 35.5. The minimum atomic E-state index is 0.0370. The molecular formula is C8H14ClNO. The van der Waals surface area contributed by atoms with Gasteiger partial charge in [-0.1, -0.05) is 18.5 Å². The van der Waals surface area contributed by atoms with Crippen LogP contribution in [0.2, 0.25) is 0 Å². The Labute approximate surface area is 72.3 Å². The summed E-state index contributed by atoms with van der Waals surface area (Å²) < 4.78 is 0. The van der Waals surface area contributed by atoms with Gasteiger partial charge < -0.3 is 0 Å². The third-order valence-corrected chi connectivity index (χ3v) is 2.93. The standard InChI is InChI=1S/C8H14ClNO/c1-2-6-5-7(9)3-4-8(6)10-11/h6-8H,2-5H2,1H3. The minimum Gasteiger partial charge on any atom is -0.151 e. The second-order valence-corrected chi connectivity index (χ2v) is 3.87. The number of hydrogen-bond donors (Lipinski definition) is 0. The average Bonchev–Trinajstić information content (AvgIpc) is 2.04. The second kappa shape index (κ2) is 4.05. The lowest BCUT2D eigenvalue weighted by Gasteiger charge is -2.28. The van der Waals surface area contributed by atoms with E-state index in [1.807, 2.05) is 0 Å². The van der Waals surface area contributed by atoms with Gasteiger partial charge in [-0.15, -0.1) is 11.6 Å². The summed E-state index contributed by atoms with van der Waals surface area (Å²) in [5, 5.41) is 3.40. The van der Waals surface area contributed by atoms with E-state index in [1.54, 1.807) is 0 Å². The van der Waals surface area contributed by atoms with Crippen molar-refractivity contribution in [3.05, 3.63) is 4.91 Å². The Morgan fingerprint density at radius 3 is 2.82 bits per heavy atom. The summed E-state index contributed by atoms with van der Waals surface area (Å²) in [6.45, 7) is 2.10. The molecule has 64 valence electrons. The van der Waals surface area contributed by atoms with Gasteiger partial charge in [-0.2, -0.15) is 4.91 Å². The van der Waals surface area contributed by atoms with Gasteiger partial charge in [0.25, 0.3) is 0 Å². The largest absolute Gasteiger partial charge is 0.151 e. The predicted molar refractivity (Wildman–Crippen MR) is 46.9 cm³/mol. The lowest BCUT2D eigenvalue weighted by atomic mass is 9.83. The van der Waals surface area contributed by atoms with Crippen molar-refractivity contribution in [2.45, 2.75) is 44.0 Å². The molecule has 0 radical (unpaired) electrons. The maximum Gasteiger partial charge on any atom is 0.0948 e. The summed E-state index contributed by atoms with van der Waals surface area (Å²) in [5.74, 6) is 0.434. The summed E-state index contributed by atoms with van der Waals surface area (Å²) in [7, 11) is 0. The first kappa shape index (κ1) is 8.98. The van der Waals surface area contributed by atoms with E-state index in [1.165, 1.54) is 0 Å². The summed E-state index contributed by atoms with van der Waals surface area (Å²) in [5.41, 5.74) is 0. The van der Waals surface area contributed by atoms with Crippen molar-refractivity contribution < 1.29 is 0 Å². The molecule has 2 nitrogen and oxygen atoms in total. The molecule has 3 heteroatoms. The Kier molecular flexibility index (Phi) is 3.31. The Morgan fingerprint density at radius 1 is 1.55 bits per heavy atom. The van der Waals surface area contributed by atoms with Crippen molar-refractivity contribution >= 4 is 11.6 Å². The zero-order valence-electron chi connectivity index (χ0n) is 6.79. The van der Waals surface area contributed by atoms with Gasteiger partial charge in [0.2, 0.25) is 0 Å². The van der Waals surface area contributed by atoms with Crippen LogP contribution in [-0.4, -0.2) is 11.4 Å². The zero-order chi connectivity index (χ0) is 8.27. The lowest BCUT2D eigenvalue weighted by Crippen LogP contribution is -2.27. The number of halogens is 1. The van der Waals surface area contributed by atoms with Crippen molar-refractivity contribution in [3.63, 3.8) is 0 Å². The van der Waals surface area contributed by atoms with Gasteiger partial charge in [0, 0.05) is 5.38 Å². The van der Waals surface area contributed by atoms with Gasteiger partial charge in [0.1, 0.15) is 0 Å². The molecule has 3 atom stereocenters. The average molecular weight is 176 g/mol. The van der Waals surface area contributed by atoms with E-state index in [9.17, 15) is 4.91 Å². The topological polar surface area (TPSA) is 29.4 Å². The molecule has 0 saturated heterocycles. The summed E-state index contributed by atoms with van der Waals surface area (Å²) >= 11 is 5.97. The lowest BCUT2D eigenvalue weighted by molar-refractivity contribution is 0.304. The van der Waals surface area contributed by atoms with Gasteiger partial charge >= 0.3 is 0 Å². The van der Waals surface area contributed by atoms with E-state index in [2.05, 4.69) is 12.1 Å². The summed E-state index contributed by atoms with van der Waals surface area (Å²) in [6.07, 6.45) is 3.83. The van der Waals surface area contributed by atoms with Crippen molar-refractivity contribution in [1.29, 1.82) is 0 Å². The first-order valence-corrected chi connectivity index (χ1v) is 4.68. The van der Waals surface area contributed by atoms with Crippen LogP contribution in [0, 0.1) is 10.8 Å². The van der Waals surface area contributed by atoms with E-state index >= 15 is 0 Å². The highest BCUT2D eigenvalue weighted by Gasteiger charge is 2.28. The van der Waals surface area contributed by atoms with Crippen molar-refractivity contribution in [2.75, 3.05) is 0 Å². The van der Waals surface area contributed by atoms with E-state index in [4.69, 9.17) is 11.6 Å². The molecule has 0 amide bonds. The van der Waals surface area contributed by atoms with Crippen LogP contribution < -0.4 is 0 Å². The molecule has 1 fully saturated rings. The van der Waals surface area contributed by atoms with Gasteiger partial charge in [-0.05, 0) is 25.2 Å². The molecule has 1 aliphatic carbocycles. The van der Waals surface area contributed by atoms with Crippen LogP contribution in [0.15, 0.2) is 5.18 Å². The fourth-order valence-electron chi connectivity index (χ4n) is 1.77. The number of rotatable bonds is 2. The van der Waals surface area contributed by atoms with Gasteiger partial charge in [0.15, 0.2) is 0 Å². The van der Waals surface area contributed by atoms with Crippen LogP contribution in [0.4, 0.5) is 0 Å². The maximum absolute atomic E-state index is 10.3. The van der Waals surface area contributed by atoms with Crippen molar-refractivity contribution in [3.8, 4) is 0 Å². The third-order valence-electron chi connectivity index (χ3n) is 2.54. The van der Waals surface area contributed by atoms with Crippen LogP contribution in [0.5, 0.6) is 0 Å². The molecule has 1 aliphatic rings. The quantitative estimate of drug-likeness (QED) is 0.469. The molecule has 0 aromatic carbocycles. The molecule has 0 aromatic heterocycles. The Bertz CT molecular complexity index is 140. The SMILES string of the molecule is CCC1CC(Cl)CCC1N=O. The molecule has 0 N–H and O–H groups in total. The molecule has 3 unspecified atom stereocenters. The first-order chi connectivity index (χ1) is 5.27. The second-order valence-electron chi connectivity index (χ2n) is 3.25. The molecule has 0 aliphatic heterocycles. The number of nitrogens with zero attached hydrogens (tertiary/aromatic N) is 1. The molecule has 0 spiro atoms. The van der Waals surface area contributed by atoms with E-state index < -0.39 is 0 Å². The number of alkyl halides is 1. The molecule has 0 heterocycles. The molecule has 0 aromatic rings. The highest BCUT2D eigenvalue weighted by Crippen LogP contribution is 2.31. The molecule has 1 saturated carbocycles. The highest BCUT2D eigenvalue weighted by molar-refractivity contribution is 6.20. The smallest absolute Gasteiger partial charge is 0.0948 e. The Hall–Kier alpha value is -0.110. The van der Waals surface area contributed by atoms with Gasteiger partial charge in [0.05, 0.1) is 6.04 Å². The number of hydrogen-bond acceptors (Lipinski definition) is 2. The van der Waals surface area contributed by atoms with Crippen LogP contribution in [-0.2, 0) is 0 Å². The normalized spacial score (nSPS) is 38.5. The van der Waals surface area contributed by atoms with Crippen LogP contribution >= 0.6 is 11.6 Å². The first-order valence-electron chi connectivity index (χ1n) is 4.24. The Morgan fingerprint density at radius 2 is 2.27 bits per heavy atom. The van der Waals surface area contributed by atoms with Crippen LogP contribution in [0.3, 0.4) is 0 Å². The van der Waals surface area contributed by atoms with E-state index in [0.29, 0.717) is 5.92 Å². The monoisotopic (exact) mass is 175 g/mol. The summed E-state index contributed by atoms with van der Waals surface area (Å²) in [6, 6.07) is 0.0370. The fraction of sp³-hybridized carbons (Fsp3) is 1.00. The van der Waals surface area contributed by atoms with Crippen molar-refractivity contribution in [2.24, 2.45) is 11.1 Å². The van der Waals surface area contributed by atoms with Gasteiger partial charge in [-0.25, -0.2) is 0 Å². The van der Waals surface area contributed by atoms with Crippen molar-refractivity contribution in [1.82, 2.24) is 0 Å². The molecule has 0 bridgehead atoms. The predicted octanol–water partition coefficient (Wildman–Crippen LogP) is 2.94. The Balaban J connectivity index is 2.47. The molecule has 1 rings (SSSR count). The van der Waals surface area contributed by atoms with Gasteiger partial charge in [-0.3, -0.25) is 0 Å².